The van der Waals surface area contributed by atoms with Gasteiger partial charge in [-0.3, -0.25) is 9.59 Å². The first-order valence-corrected chi connectivity index (χ1v) is 6.68. The van der Waals surface area contributed by atoms with E-state index < -0.39 is 5.91 Å². The molecule has 4 nitrogen and oxygen atoms in total. The molecule has 1 aromatic rings. The Morgan fingerprint density at radius 3 is 2.38 bits per heavy atom. The lowest BCUT2D eigenvalue weighted by Crippen LogP contribution is -2.16. The summed E-state index contributed by atoms with van der Waals surface area (Å²) < 4.78 is 5.04. The molecule has 0 saturated carbocycles. The summed E-state index contributed by atoms with van der Waals surface area (Å²) in [6, 6.07) is 6.66. The number of hydrogen-bond donors (Lipinski definition) is 0. The number of halogens is 1. The molecule has 21 heavy (non-hydrogen) atoms. The molecule has 0 aliphatic heterocycles. The fraction of sp³-hybridized carbons (Fsp3) is 0.188. The molecule has 0 fully saturated rings. The molecule has 0 N–H and O–H groups in total. The Bertz CT molecular complexity index is 697. The zero-order valence-corrected chi connectivity index (χ0v) is 12.7. The summed E-state index contributed by atoms with van der Waals surface area (Å²) in [5.41, 5.74) is 2.03. The van der Waals surface area contributed by atoms with Crippen molar-refractivity contribution in [1.29, 1.82) is 0 Å². The summed E-state index contributed by atoms with van der Waals surface area (Å²) in [7, 11) is 1.56. The lowest BCUT2D eigenvalue weighted by molar-refractivity contribution is -0.110. The highest BCUT2D eigenvalue weighted by Gasteiger charge is 2.21. The maximum atomic E-state index is 12.2. The number of amides is 1. The van der Waals surface area contributed by atoms with Gasteiger partial charge in [0.05, 0.1) is 17.9 Å². The van der Waals surface area contributed by atoms with Crippen LogP contribution in [-0.2, 0) is 4.79 Å². The summed E-state index contributed by atoms with van der Waals surface area (Å²) in [6.45, 7) is 3.40. The molecule has 0 unspecified atom stereocenters. The Morgan fingerprint density at radius 2 is 1.81 bits per heavy atom. The monoisotopic (exact) mass is 303 g/mol. The number of ketones is 1. The van der Waals surface area contributed by atoms with E-state index in [1.807, 2.05) is 0 Å². The van der Waals surface area contributed by atoms with Crippen molar-refractivity contribution >= 4 is 29.0 Å². The Balaban J connectivity index is 2.35. The number of allylic oxidation sites excluding steroid dienone is 4. The summed E-state index contributed by atoms with van der Waals surface area (Å²) in [6.07, 6.45) is 1.38. The molecule has 0 spiro atoms. The van der Waals surface area contributed by atoms with E-state index in [-0.39, 0.29) is 10.8 Å². The van der Waals surface area contributed by atoms with Gasteiger partial charge in [0.25, 0.3) is 5.91 Å². The second-order valence-corrected chi connectivity index (χ2v) is 5.00. The molecule has 0 radical (unpaired) electrons. The van der Waals surface area contributed by atoms with Gasteiger partial charge in [-0.25, -0.2) is 4.99 Å². The maximum Gasteiger partial charge on any atom is 0.277 e. The minimum absolute atomic E-state index is 0.0990. The predicted octanol–water partition coefficient (Wildman–Crippen LogP) is 3.32. The number of aliphatic imine (C=N–C) groups is 1. The molecule has 5 heteroatoms. The van der Waals surface area contributed by atoms with Gasteiger partial charge < -0.3 is 4.74 Å². The fourth-order valence-corrected chi connectivity index (χ4v) is 2.13. The fourth-order valence-electron chi connectivity index (χ4n) is 1.98. The van der Waals surface area contributed by atoms with E-state index >= 15 is 0 Å². The Labute approximate surface area is 127 Å². The van der Waals surface area contributed by atoms with E-state index in [9.17, 15) is 9.59 Å². The van der Waals surface area contributed by atoms with Crippen LogP contribution in [0.3, 0.4) is 0 Å². The van der Waals surface area contributed by atoms with E-state index in [1.54, 1.807) is 45.2 Å². The molecule has 1 amide bonds. The van der Waals surface area contributed by atoms with Gasteiger partial charge in [-0.1, -0.05) is 11.6 Å². The lowest BCUT2D eigenvalue weighted by atomic mass is 9.97. The summed E-state index contributed by atoms with van der Waals surface area (Å²) >= 11 is 5.92. The van der Waals surface area contributed by atoms with E-state index in [0.29, 0.717) is 28.2 Å². The molecule has 0 saturated heterocycles. The van der Waals surface area contributed by atoms with E-state index in [1.165, 1.54) is 6.08 Å². The van der Waals surface area contributed by atoms with Crippen LogP contribution in [0.4, 0.5) is 0 Å². The van der Waals surface area contributed by atoms with Gasteiger partial charge >= 0.3 is 0 Å². The number of carbonyl (C=O) groups is 2. The Morgan fingerprint density at radius 1 is 1.19 bits per heavy atom. The van der Waals surface area contributed by atoms with Crippen molar-refractivity contribution in [3.8, 4) is 5.75 Å². The van der Waals surface area contributed by atoms with Gasteiger partial charge in [0.15, 0.2) is 5.78 Å². The largest absolute Gasteiger partial charge is 0.497 e. The quantitative estimate of drug-likeness (QED) is 0.788. The van der Waals surface area contributed by atoms with Gasteiger partial charge in [0.1, 0.15) is 5.75 Å². The van der Waals surface area contributed by atoms with Gasteiger partial charge in [-0.15, -0.1) is 0 Å². The molecule has 1 aliphatic rings. The number of carbonyl (C=O) groups excluding carboxylic acids is 2. The second-order valence-electron chi connectivity index (χ2n) is 4.62. The van der Waals surface area contributed by atoms with Crippen LogP contribution in [0, 0.1) is 0 Å². The second kappa shape index (κ2) is 6.06. The standard InChI is InChI=1S/C16H14ClNO3/c1-9-8-13(19)14(17)10(2)15(9)18-16(20)11-4-6-12(21-3)7-5-11/h4-8H,1-3H3. The van der Waals surface area contributed by atoms with Gasteiger partial charge in [-0.05, 0) is 55.3 Å². The Hall–Kier alpha value is -2.20. The number of rotatable bonds is 2. The molecular formula is C16H14ClNO3. The van der Waals surface area contributed by atoms with Crippen molar-refractivity contribution in [3.05, 3.63) is 52.1 Å². The van der Waals surface area contributed by atoms with Gasteiger partial charge in [-0.2, -0.15) is 0 Å². The lowest BCUT2D eigenvalue weighted by Gasteiger charge is -2.13. The van der Waals surface area contributed by atoms with Crippen LogP contribution in [0.25, 0.3) is 0 Å². The molecule has 0 bridgehead atoms. The smallest absolute Gasteiger partial charge is 0.277 e. The van der Waals surface area contributed by atoms with E-state index in [4.69, 9.17) is 16.3 Å². The zero-order chi connectivity index (χ0) is 15.6. The van der Waals surface area contributed by atoms with Crippen molar-refractivity contribution in [1.82, 2.24) is 0 Å². The summed E-state index contributed by atoms with van der Waals surface area (Å²) in [5, 5.41) is 0.0990. The van der Waals surface area contributed by atoms with Crippen LogP contribution in [-0.4, -0.2) is 24.5 Å². The van der Waals surface area contributed by atoms with Crippen molar-refractivity contribution in [2.45, 2.75) is 13.8 Å². The highest BCUT2D eigenvalue weighted by molar-refractivity contribution is 6.49. The molecule has 0 aromatic heterocycles. The van der Waals surface area contributed by atoms with Crippen LogP contribution in [0.2, 0.25) is 0 Å². The van der Waals surface area contributed by atoms with Crippen LogP contribution < -0.4 is 4.74 Å². The highest BCUT2D eigenvalue weighted by atomic mass is 35.5. The molecule has 2 rings (SSSR count). The summed E-state index contributed by atoms with van der Waals surface area (Å²) in [4.78, 5) is 27.8. The van der Waals surface area contributed by atoms with Crippen molar-refractivity contribution in [2.75, 3.05) is 7.11 Å². The molecule has 1 aliphatic carbocycles. The Kier molecular flexibility index (Phi) is 4.38. The third-order valence-electron chi connectivity index (χ3n) is 3.17. The third kappa shape index (κ3) is 3.11. The molecular weight excluding hydrogens is 290 g/mol. The normalized spacial score (nSPS) is 17.0. The van der Waals surface area contributed by atoms with Gasteiger partial charge in [0, 0.05) is 5.56 Å². The highest BCUT2D eigenvalue weighted by Crippen LogP contribution is 2.23. The van der Waals surface area contributed by atoms with Crippen LogP contribution in [0.1, 0.15) is 24.2 Å². The van der Waals surface area contributed by atoms with Gasteiger partial charge in [0.2, 0.25) is 0 Å². The van der Waals surface area contributed by atoms with Crippen molar-refractivity contribution < 1.29 is 14.3 Å². The minimum atomic E-state index is -0.390. The number of methoxy groups -OCH3 is 1. The average molecular weight is 304 g/mol. The topological polar surface area (TPSA) is 55.7 Å². The number of ether oxygens (including phenoxy) is 1. The number of benzene rings is 1. The molecule has 108 valence electrons. The van der Waals surface area contributed by atoms with Crippen LogP contribution >= 0.6 is 11.6 Å². The predicted molar refractivity (Wildman–Crippen MR) is 82.1 cm³/mol. The van der Waals surface area contributed by atoms with E-state index in [2.05, 4.69) is 4.99 Å². The van der Waals surface area contributed by atoms with Crippen LogP contribution in [0.15, 0.2) is 51.5 Å². The number of hydrogen-bond acceptors (Lipinski definition) is 3. The minimum Gasteiger partial charge on any atom is -0.497 e. The first-order chi connectivity index (χ1) is 9.93. The van der Waals surface area contributed by atoms with Crippen molar-refractivity contribution in [2.24, 2.45) is 4.99 Å². The number of nitrogens with zero attached hydrogens (tertiary/aromatic N) is 1. The average Bonchev–Trinajstić information content (AvgIpc) is 2.49. The molecule has 1 aromatic carbocycles. The summed E-state index contributed by atoms with van der Waals surface area (Å²) in [5.74, 6) is 0.0127. The SMILES string of the molecule is COc1ccc(C(=O)N=C2C(C)=CC(=O)C(Cl)=C2C)cc1. The van der Waals surface area contributed by atoms with E-state index in [0.717, 1.165) is 0 Å². The maximum absolute atomic E-state index is 12.2. The molecule has 0 heterocycles. The first kappa shape index (κ1) is 15.2. The third-order valence-corrected chi connectivity index (χ3v) is 3.64. The molecule has 0 atom stereocenters. The van der Waals surface area contributed by atoms with Crippen molar-refractivity contribution in [3.63, 3.8) is 0 Å². The zero-order valence-electron chi connectivity index (χ0n) is 11.9. The first-order valence-electron chi connectivity index (χ1n) is 6.31. The van der Waals surface area contributed by atoms with Crippen LogP contribution in [0.5, 0.6) is 5.75 Å².